The van der Waals surface area contributed by atoms with Gasteiger partial charge in [0.25, 0.3) is 0 Å². The van der Waals surface area contributed by atoms with E-state index in [1.807, 2.05) is 30.3 Å². The first-order valence-electron chi connectivity index (χ1n) is 9.96. The summed E-state index contributed by atoms with van der Waals surface area (Å²) in [6.07, 6.45) is 2.30. The normalized spacial score (nSPS) is 19.0. The molecule has 1 aliphatic rings. The first-order valence-corrected chi connectivity index (χ1v) is 9.96. The van der Waals surface area contributed by atoms with Crippen LogP contribution in [0.1, 0.15) is 52.0 Å². The molecule has 0 aromatic heterocycles. The Labute approximate surface area is 171 Å². The molecule has 29 heavy (non-hydrogen) atoms. The van der Waals surface area contributed by atoms with Crippen molar-refractivity contribution in [1.29, 1.82) is 0 Å². The lowest BCUT2D eigenvalue weighted by atomic mass is 9.90. The molecule has 0 radical (unpaired) electrons. The Morgan fingerprint density at radius 2 is 1.59 bits per heavy atom. The van der Waals surface area contributed by atoms with Crippen molar-refractivity contribution >= 4 is 18.1 Å². The smallest absolute Gasteiger partial charge is 0.407 e. The van der Waals surface area contributed by atoms with Gasteiger partial charge in [0.2, 0.25) is 5.91 Å². The molecular weight excluding hydrogens is 374 g/mol. The minimum absolute atomic E-state index is 0.138. The minimum atomic E-state index is -0.656. The molecule has 0 heterocycles. The van der Waals surface area contributed by atoms with E-state index < -0.39 is 17.8 Å². The maximum atomic E-state index is 12.2. The van der Waals surface area contributed by atoms with E-state index in [0.717, 1.165) is 31.2 Å². The standard InChI is InChI=1S/C21H31N3O5/c1-21(2,3)29-20(27)24-17-12-8-7-11-16(17)23-18(25)13-22-19(26)28-14-15-9-5-4-6-10-15/h4-6,9-10,16-17H,7-8,11-14H2,1-3H3,(H,22,26)(H,23,25)(H,24,27). The molecule has 8 nitrogen and oxygen atoms in total. The van der Waals surface area contributed by atoms with Gasteiger partial charge in [0.1, 0.15) is 18.8 Å². The molecule has 1 aliphatic carbocycles. The van der Waals surface area contributed by atoms with Crippen LogP contribution >= 0.6 is 0 Å². The van der Waals surface area contributed by atoms with Gasteiger partial charge in [0.05, 0.1) is 6.04 Å². The van der Waals surface area contributed by atoms with Gasteiger partial charge in [0, 0.05) is 6.04 Å². The maximum Gasteiger partial charge on any atom is 0.407 e. The van der Waals surface area contributed by atoms with Gasteiger partial charge < -0.3 is 25.4 Å². The van der Waals surface area contributed by atoms with E-state index in [2.05, 4.69) is 16.0 Å². The average molecular weight is 405 g/mol. The summed E-state index contributed by atoms with van der Waals surface area (Å²) in [6, 6.07) is 8.89. The monoisotopic (exact) mass is 405 g/mol. The molecule has 3 N–H and O–H groups in total. The summed E-state index contributed by atoms with van der Waals surface area (Å²) in [6.45, 7) is 5.35. The van der Waals surface area contributed by atoms with Crippen LogP contribution < -0.4 is 16.0 Å². The number of hydrogen-bond acceptors (Lipinski definition) is 5. The number of hydrogen-bond donors (Lipinski definition) is 3. The molecular formula is C21H31N3O5. The van der Waals surface area contributed by atoms with Gasteiger partial charge in [0.15, 0.2) is 0 Å². The van der Waals surface area contributed by atoms with Crippen LogP contribution in [0.15, 0.2) is 30.3 Å². The van der Waals surface area contributed by atoms with Crippen LogP contribution in [0.2, 0.25) is 0 Å². The van der Waals surface area contributed by atoms with E-state index >= 15 is 0 Å². The number of alkyl carbamates (subject to hydrolysis) is 2. The molecule has 1 aromatic carbocycles. The third kappa shape index (κ3) is 8.85. The number of rotatable bonds is 6. The molecule has 1 fully saturated rings. The van der Waals surface area contributed by atoms with Gasteiger partial charge >= 0.3 is 12.2 Å². The van der Waals surface area contributed by atoms with Gasteiger partial charge in [-0.05, 0) is 39.2 Å². The SMILES string of the molecule is CC(C)(C)OC(=O)NC1CCCCC1NC(=O)CNC(=O)OCc1ccccc1. The highest BCUT2D eigenvalue weighted by atomic mass is 16.6. The molecule has 2 rings (SSSR count). The lowest BCUT2D eigenvalue weighted by Crippen LogP contribution is -2.55. The van der Waals surface area contributed by atoms with Crippen LogP contribution in [0.3, 0.4) is 0 Å². The zero-order valence-electron chi connectivity index (χ0n) is 17.3. The number of carbonyl (C=O) groups is 3. The summed E-state index contributed by atoms with van der Waals surface area (Å²) in [7, 11) is 0. The fourth-order valence-corrected chi connectivity index (χ4v) is 3.12. The second-order valence-corrected chi connectivity index (χ2v) is 8.13. The molecule has 8 heteroatoms. The Morgan fingerprint density at radius 1 is 0.966 bits per heavy atom. The van der Waals surface area contributed by atoms with Crippen LogP contribution in [-0.4, -0.2) is 42.3 Å². The van der Waals surface area contributed by atoms with Crippen molar-refractivity contribution < 1.29 is 23.9 Å². The van der Waals surface area contributed by atoms with Crippen LogP contribution in [0.25, 0.3) is 0 Å². The quantitative estimate of drug-likeness (QED) is 0.675. The number of benzene rings is 1. The largest absolute Gasteiger partial charge is 0.445 e. The Kier molecular flexibility index (Phi) is 8.30. The number of carbonyl (C=O) groups excluding carboxylic acids is 3. The predicted molar refractivity (Wildman–Crippen MR) is 108 cm³/mol. The third-order valence-corrected chi connectivity index (χ3v) is 4.42. The lowest BCUT2D eigenvalue weighted by molar-refractivity contribution is -0.121. The maximum absolute atomic E-state index is 12.2. The highest BCUT2D eigenvalue weighted by Crippen LogP contribution is 2.19. The minimum Gasteiger partial charge on any atom is -0.445 e. The van der Waals surface area contributed by atoms with Crippen molar-refractivity contribution in [2.45, 2.75) is 70.7 Å². The molecule has 1 saturated carbocycles. The Balaban J connectivity index is 1.74. The Bertz CT molecular complexity index is 687. The fraction of sp³-hybridized carbons (Fsp3) is 0.571. The molecule has 2 atom stereocenters. The van der Waals surface area contributed by atoms with Gasteiger partial charge in [-0.15, -0.1) is 0 Å². The molecule has 3 amide bonds. The molecule has 0 saturated heterocycles. The molecule has 0 bridgehead atoms. The molecule has 160 valence electrons. The Morgan fingerprint density at radius 3 is 2.21 bits per heavy atom. The summed E-state index contributed by atoms with van der Waals surface area (Å²) >= 11 is 0. The number of amides is 3. The van der Waals surface area contributed by atoms with Crippen LogP contribution in [-0.2, 0) is 20.9 Å². The van der Waals surface area contributed by atoms with E-state index in [-0.39, 0.29) is 31.1 Å². The van der Waals surface area contributed by atoms with Crippen molar-refractivity contribution in [3.05, 3.63) is 35.9 Å². The summed E-state index contributed by atoms with van der Waals surface area (Å²) in [5.74, 6) is -0.329. The van der Waals surface area contributed by atoms with Gasteiger partial charge in [-0.1, -0.05) is 43.2 Å². The van der Waals surface area contributed by atoms with E-state index in [0.29, 0.717) is 0 Å². The van der Waals surface area contributed by atoms with Gasteiger partial charge in [-0.2, -0.15) is 0 Å². The lowest BCUT2D eigenvalue weighted by Gasteiger charge is -2.33. The van der Waals surface area contributed by atoms with Crippen molar-refractivity contribution in [1.82, 2.24) is 16.0 Å². The van der Waals surface area contributed by atoms with Crippen molar-refractivity contribution in [3.8, 4) is 0 Å². The molecule has 1 aromatic rings. The van der Waals surface area contributed by atoms with Crippen molar-refractivity contribution in [2.24, 2.45) is 0 Å². The fourth-order valence-electron chi connectivity index (χ4n) is 3.12. The molecule has 2 unspecified atom stereocenters. The van der Waals surface area contributed by atoms with Crippen LogP contribution in [0.4, 0.5) is 9.59 Å². The van der Waals surface area contributed by atoms with E-state index in [1.54, 1.807) is 20.8 Å². The first kappa shape index (κ1) is 22.5. The predicted octanol–water partition coefficient (Wildman–Crippen LogP) is 2.86. The highest BCUT2D eigenvalue weighted by Gasteiger charge is 2.29. The first-order chi connectivity index (χ1) is 13.7. The zero-order chi connectivity index (χ0) is 21.3. The van der Waals surface area contributed by atoms with Crippen LogP contribution in [0.5, 0.6) is 0 Å². The van der Waals surface area contributed by atoms with Crippen molar-refractivity contribution in [2.75, 3.05) is 6.54 Å². The summed E-state index contributed by atoms with van der Waals surface area (Å²) < 4.78 is 10.4. The van der Waals surface area contributed by atoms with Gasteiger partial charge in [-0.25, -0.2) is 9.59 Å². The zero-order valence-corrected chi connectivity index (χ0v) is 17.3. The third-order valence-electron chi connectivity index (χ3n) is 4.42. The Hall–Kier alpha value is -2.77. The topological polar surface area (TPSA) is 106 Å². The van der Waals surface area contributed by atoms with Crippen molar-refractivity contribution in [3.63, 3.8) is 0 Å². The number of ether oxygens (including phenoxy) is 2. The second-order valence-electron chi connectivity index (χ2n) is 8.13. The van der Waals surface area contributed by atoms with Gasteiger partial charge in [-0.3, -0.25) is 4.79 Å². The van der Waals surface area contributed by atoms with E-state index in [4.69, 9.17) is 9.47 Å². The highest BCUT2D eigenvalue weighted by molar-refractivity contribution is 5.82. The summed E-state index contributed by atoms with van der Waals surface area (Å²) in [5, 5.41) is 8.18. The number of nitrogens with one attached hydrogen (secondary N) is 3. The average Bonchev–Trinajstić information content (AvgIpc) is 2.65. The summed E-state index contributed by atoms with van der Waals surface area (Å²) in [4.78, 5) is 36.0. The summed E-state index contributed by atoms with van der Waals surface area (Å²) in [5.41, 5.74) is 0.284. The van der Waals surface area contributed by atoms with E-state index in [1.165, 1.54) is 0 Å². The van der Waals surface area contributed by atoms with E-state index in [9.17, 15) is 14.4 Å². The molecule has 0 spiro atoms. The molecule has 0 aliphatic heterocycles. The second kappa shape index (κ2) is 10.7. The van der Waals surface area contributed by atoms with Crippen LogP contribution in [0, 0.1) is 0 Å².